The number of Topliss-reactive ketones (excluding diaryl/α,β-unsaturated/α-hetero) is 1. The van der Waals surface area contributed by atoms with Crippen molar-refractivity contribution in [2.45, 2.75) is 188 Å². The molecule has 14 rings (SSSR count). The average molecular weight is 912 g/mol. The summed E-state index contributed by atoms with van der Waals surface area (Å²) >= 11 is 0. The molecule has 0 saturated heterocycles. The topological polar surface area (TPSA) is 38.8 Å². The molecule has 5 aromatic heterocycles. The highest BCUT2D eigenvalue weighted by Gasteiger charge is 2.55. The lowest BCUT2D eigenvalue weighted by atomic mass is 9.54. The zero-order chi connectivity index (χ0) is 48.5. The number of ketones is 1. The highest BCUT2D eigenvalue weighted by atomic mass is 16.1. The normalized spacial score (nSPS) is 22.0. The predicted molar refractivity (Wildman–Crippen MR) is 294 cm³/mol. The predicted octanol–water partition coefficient (Wildman–Crippen LogP) is 18.1. The summed E-state index contributed by atoms with van der Waals surface area (Å²) in [4.78, 5) is 20.8. The molecule has 2 bridgehead atoms. The monoisotopic (exact) mass is 912 g/mol. The number of nitrogens with zero attached hydrogens (tertiary/aromatic N) is 3. The maximum absolute atomic E-state index is 15.1. The molecule has 4 heteroatoms. The van der Waals surface area contributed by atoms with E-state index in [0.29, 0.717) is 5.78 Å². The third kappa shape index (κ3) is 5.22. The van der Waals surface area contributed by atoms with Crippen LogP contribution in [0.3, 0.4) is 0 Å². The Bertz CT molecular complexity index is 3870. The van der Waals surface area contributed by atoms with Crippen LogP contribution >= 0.6 is 0 Å². The van der Waals surface area contributed by atoms with Crippen molar-refractivity contribution in [1.29, 1.82) is 0 Å². The van der Waals surface area contributed by atoms with Gasteiger partial charge in [-0.2, -0.15) is 0 Å². The number of carbonyl (C=O) groups is 1. The van der Waals surface area contributed by atoms with Crippen molar-refractivity contribution in [2.24, 2.45) is 10.8 Å². The second-order valence-corrected chi connectivity index (χ2v) is 26.4. The van der Waals surface area contributed by atoms with Gasteiger partial charge < -0.3 is 8.80 Å². The standard InChI is InChI=1S/C65H73N3O/c1-15-63(16-2)23-24-64(17-3,18-4)57-54(63)53-51(35-66-57)68-49-33-42-45-30-38(60(8,9)10)29-44-40-31-47-46(58(69)62(14)21-25-65(47,26-22-62)61(11,12)13)34-50(40)67(55(44)45)48(42)32-41(49)43-28-36-27-37(59(5,6)7)19-20-39(36)52(53)56(43)68/h19-20,27-35H,15-18,21-26H2,1-14H3. The van der Waals surface area contributed by atoms with Crippen molar-refractivity contribution in [2.75, 3.05) is 0 Å². The van der Waals surface area contributed by atoms with Crippen LogP contribution in [0.1, 0.15) is 199 Å². The van der Waals surface area contributed by atoms with Crippen LogP contribution in [0, 0.1) is 10.8 Å². The summed E-state index contributed by atoms with van der Waals surface area (Å²) in [5.41, 5.74) is 15.1. The lowest BCUT2D eigenvalue weighted by Gasteiger charge is -2.49. The van der Waals surface area contributed by atoms with Gasteiger partial charge in [0.2, 0.25) is 0 Å². The summed E-state index contributed by atoms with van der Waals surface area (Å²) in [6, 6.07) is 24.8. The quantitative estimate of drug-likeness (QED) is 0.176. The highest BCUT2D eigenvalue weighted by Crippen LogP contribution is 2.61. The summed E-state index contributed by atoms with van der Waals surface area (Å²) in [5, 5.41) is 13.3. The molecule has 0 aliphatic heterocycles. The van der Waals surface area contributed by atoms with Crippen LogP contribution in [0.2, 0.25) is 0 Å². The van der Waals surface area contributed by atoms with Gasteiger partial charge in [0.05, 0.1) is 45.0 Å². The number of rotatable bonds is 4. The molecule has 4 nitrogen and oxygen atoms in total. The van der Waals surface area contributed by atoms with Gasteiger partial charge in [0.15, 0.2) is 5.78 Å². The third-order valence-corrected chi connectivity index (χ3v) is 20.6. The number of hydrogen-bond acceptors (Lipinski definition) is 2. The van der Waals surface area contributed by atoms with E-state index in [1.807, 2.05) is 0 Å². The second kappa shape index (κ2) is 13.4. The van der Waals surface area contributed by atoms with E-state index in [1.54, 1.807) is 0 Å². The molecule has 1 fully saturated rings. The summed E-state index contributed by atoms with van der Waals surface area (Å²) in [6.07, 6.45) is 13.2. The highest BCUT2D eigenvalue weighted by molar-refractivity contribution is 6.34. The van der Waals surface area contributed by atoms with Gasteiger partial charge in [-0.25, -0.2) is 0 Å². The van der Waals surface area contributed by atoms with Crippen LogP contribution in [-0.4, -0.2) is 19.6 Å². The smallest absolute Gasteiger partial charge is 0.169 e. The minimum absolute atomic E-state index is 0.0162. The molecule has 0 N–H and O–H groups in total. The zero-order valence-electron chi connectivity index (χ0n) is 44.2. The van der Waals surface area contributed by atoms with E-state index in [9.17, 15) is 0 Å². The zero-order valence-corrected chi connectivity index (χ0v) is 44.2. The minimum atomic E-state index is -0.324. The first-order chi connectivity index (χ1) is 32.6. The fourth-order valence-electron chi connectivity index (χ4n) is 15.6. The number of fused-ring (bicyclic) bond motifs is 18. The Hall–Kier alpha value is -5.22. The molecular formula is C65H73N3O. The Kier molecular flexibility index (Phi) is 8.49. The fraction of sp³-hybridized carbons (Fsp3) is 0.477. The summed E-state index contributed by atoms with van der Waals surface area (Å²) in [7, 11) is 0. The molecule has 354 valence electrons. The van der Waals surface area contributed by atoms with Crippen molar-refractivity contribution < 1.29 is 4.79 Å². The number of aromatic nitrogens is 3. The first-order valence-electron chi connectivity index (χ1n) is 27.0. The Balaban J connectivity index is 1.23. The van der Waals surface area contributed by atoms with E-state index in [0.717, 1.165) is 56.9 Å². The van der Waals surface area contributed by atoms with Gasteiger partial charge in [0, 0.05) is 64.9 Å². The molecule has 0 unspecified atom stereocenters. The minimum Gasteiger partial charge on any atom is -0.308 e. The molecule has 69 heavy (non-hydrogen) atoms. The summed E-state index contributed by atoms with van der Waals surface area (Å²) < 4.78 is 5.21. The Labute approximate surface area is 408 Å². The molecule has 4 aliphatic carbocycles. The SMILES string of the molecule is CCC1(CC)CCC(CC)(CC)c2c1ncc1c2c2c3ccc(C(C)(C)C)cc3cc3c4cc5c(cc4n1c32)c1cc(C(C)(C)C)cc2c3cc4c(cc3n5c21)C(=O)C1(C)CCC4(C(C)(C)C)CC1. The van der Waals surface area contributed by atoms with Crippen molar-refractivity contribution in [1.82, 2.24) is 13.8 Å². The lowest BCUT2D eigenvalue weighted by molar-refractivity contribution is 0.0566. The van der Waals surface area contributed by atoms with Gasteiger partial charge in [-0.1, -0.05) is 115 Å². The molecule has 0 amide bonds. The van der Waals surface area contributed by atoms with E-state index in [4.69, 9.17) is 4.98 Å². The molecule has 1 saturated carbocycles. The van der Waals surface area contributed by atoms with Gasteiger partial charge in [0.1, 0.15) is 0 Å². The van der Waals surface area contributed by atoms with Crippen molar-refractivity contribution in [3.05, 3.63) is 100 Å². The lowest BCUT2D eigenvalue weighted by Crippen LogP contribution is -2.44. The molecule has 4 aliphatic rings. The maximum atomic E-state index is 15.1. The summed E-state index contributed by atoms with van der Waals surface area (Å²) in [5.74, 6) is 0.351. The van der Waals surface area contributed by atoms with Crippen LogP contribution in [0.25, 0.3) is 87.0 Å². The fourth-order valence-corrected chi connectivity index (χ4v) is 15.6. The van der Waals surface area contributed by atoms with Crippen molar-refractivity contribution in [3.8, 4) is 0 Å². The van der Waals surface area contributed by atoms with E-state index in [2.05, 4.69) is 173 Å². The van der Waals surface area contributed by atoms with Crippen LogP contribution < -0.4 is 0 Å². The molecule has 5 aromatic carbocycles. The maximum Gasteiger partial charge on any atom is 0.169 e. The molecule has 0 radical (unpaired) electrons. The Morgan fingerprint density at radius 1 is 0.536 bits per heavy atom. The Morgan fingerprint density at radius 2 is 1.09 bits per heavy atom. The molecular weight excluding hydrogens is 839 g/mol. The Morgan fingerprint density at radius 3 is 1.67 bits per heavy atom. The van der Waals surface area contributed by atoms with E-state index in [-0.39, 0.29) is 37.9 Å². The van der Waals surface area contributed by atoms with E-state index < -0.39 is 0 Å². The van der Waals surface area contributed by atoms with Crippen LogP contribution in [0.5, 0.6) is 0 Å². The second-order valence-electron chi connectivity index (χ2n) is 26.4. The molecule has 10 aromatic rings. The van der Waals surface area contributed by atoms with Crippen LogP contribution in [0.4, 0.5) is 0 Å². The van der Waals surface area contributed by atoms with Gasteiger partial charge in [-0.15, -0.1) is 0 Å². The number of pyridine rings is 1. The number of hydrogen-bond donors (Lipinski definition) is 0. The largest absolute Gasteiger partial charge is 0.308 e. The molecule has 0 spiro atoms. The van der Waals surface area contributed by atoms with Crippen molar-refractivity contribution >= 4 is 92.7 Å². The van der Waals surface area contributed by atoms with E-state index in [1.165, 1.54) is 128 Å². The van der Waals surface area contributed by atoms with Crippen LogP contribution in [-0.2, 0) is 27.1 Å². The number of carbonyl (C=O) groups excluding carboxylic acids is 1. The average Bonchev–Trinajstić information content (AvgIpc) is 4.01. The first-order valence-corrected chi connectivity index (χ1v) is 27.0. The third-order valence-electron chi connectivity index (χ3n) is 20.6. The molecule has 5 heterocycles. The molecule has 0 atom stereocenters. The van der Waals surface area contributed by atoms with Gasteiger partial charge in [-0.3, -0.25) is 9.78 Å². The van der Waals surface area contributed by atoms with Crippen molar-refractivity contribution in [3.63, 3.8) is 0 Å². The number of benzene rings is 5. The van der Waals surface area contributed by atoms with Gasteiger partial charge in [-0.05, 0) is 161 Å². The van der Waals surface area contributed by atoms with Crippen LogP contribution in [0.15, 0.2) is 66.9 Å². The first kappa shape index (κ1) is 43.8. The van der Waals surface area contributed by atoms with E-state index >= 15 is 4.79 Å². The van der Waals surface area contributed by atoms with Gasteiger partial charge in [0.25, 0.3) is 0 Å². The summed E-state index contributed by atoms with van der Waals surface area (Å²) in [6.45, 7) is 33.3. The van der Waals surface area contributed by atoms with Gasteiger partial charge >= 0.3 is 0 Å².